The van der Waals surface area contributed by atoms with Gasteiger partial charge in [0, 0.05) is 18.7 Å². The second kappa shape index (κ2) is 4.94. The van der Waals surface area contributed by atoms with Gasteiger partial charge in [-0.3, -0.25) is 4.79 Å². The summed E-state index contributed by atoms with van der Waals surface area (Å²) in [5, 5.41) is 10.2. The van der Waals surface area contributed by atoms with Gasteiger partial charge in [-0.2, -0.15) is 0 Å². The highest BCUT2D eigenvalue weighted by atomic mass is 19.1. The van der Waals surface area contributed by atoms with Crippen molar-refractivity contribution in [1.29, 1.82) is 0 Å². The van der Waals surface area contributed by atoms with Crippen molar-refractivity contribution in [2.24, 2.45) is 0 Å². The van der Waals surface area contributed by atoms with Gasteiger partial charge in [-0.05, 0) is 25.7 Å². The summed E-state index contributed by atoms with van der Waals surface area (Å²) in [5.74, 6) is -2.55. The Balaban J connectivity index is 1.91. The van der Waals surface area contributed by atoms with Gasteiger partial charge in [0.15, 0.2) is 0 Å². The Hall–Kier alpha value is -1.69. The molecule has 1 unspecified atom stereocenters. The molecule has 1 aliphatic heterocycles. The standard InChI is InChI=1S/C15H17F2NO3/c1-21-9-7-10(16)13(11(17)8-9)14(19)18-6-2-3-12(18)15(20)4-5-15/h7-8,12,20H,2-6H2,1H3. The molecule has 1 amide bonds. The van der Waals surface area contributed by atoms with Crippen molar-refractivity contribution in [3.05, 3.63) is 29.3 Å². The van der Waals surface area contributed by atoms with Crippen molar-refractivity contribution in [1.82, 2.24) is 4.90 Å². The SMILES string of the molecule is COc1cc(F)c(C(=O)N2CCCC2C2(O)CC2)c(F)c1. The molecule has 114 valence electrons. The molecule has 0 radical (unpaired) electrons. The lowest BCUT2D eigenvalue weighted by Gasteiger charge is -2.29. The summed E-state index contributed by atoms with van der Waals surface area (Å²) in [6.07, 6.45) is 2.67. The summed E-state index contributed by atoms with van der Waals surface area (Å²) in [7, 11) is 1.30. The molecule has 2 aliphatic rings. The summed E-state index contributed by atoms with van der Waals surface area (Å²) in [6.45, 7) is 0.413. The highest BCUT2D eigenvalue weighted by molar-refractivity contribution is 5.95. The van der Waals surface area contributed by atoms with Crippen LogP contribution >= 0.6 is 0 Å². The van der Waals surface area contributed by atoms with Gasteiger partial charge in [-0.15, -0.1) is 0 Å². The van der Waals surface area contributed by atoms with Crippen molar-refractivity contribution in [3.8, 4) is 5.75 Å². The molecule has 21 heavy (non-hydrogen) atoms. The van der Waals surface area contributed by atoms with Gasteiger partial charge in [0.2, 0.25) is 0 Å². The van der Waals surface area contributed by atoms with E-state index in [1.165, 1.54) is 12.0 Å². The molecule has 1 aromatic rings. The van der Waals surface area contributed by atoms with E-state index in [2.05, 4.69) is 0 Å². The Labute approximate surface area is 121 Å². The fourth-order valence-corrected chi connectivity index (χ4v) is 3.05. The third-order valence-electron chi connectivity index (χ3n) is 4.36. The van der Waals surface area contributed by atoms with Gasteiger partial charge in [0.25, 0.3) is 5.91 Å². The minimum atomic E-state index is -0.940. The number of benzene rings is 1. The zero-order valence-electron chi connectivity index (χ0n) is 11.7. The summed E-state index contributed by atoms with van der Waals surface area (Å²) in [6, 6.07) is 1.64. The lowest BCUT2D eigenvalue weighted by atomic mass is 10.1. The lowest BCUT2D eigenvalue weighted by molar-refractivity contribution is 0.0379. The molecule has 0 bridgehead atoms. The van der Waals surface area contributed by atoms with Crippen LogP contribution in [0.25, 0.3) is 0 Å². The molecule has 1 heterocycles. The van der Waals surface area contributed by atoms with Gasteiger partial charge in [0.1, 0.15) is 22.9 Å². The first-order chi connectivity index (χ1) is 9.96. The fourth-order valence-electron chi connectivity index (χ4n) is 3.05. The summed E-state index contributed by atoms with van der Waals surface area (Å²) in [5.41, 5.74) is -1.45. The molecule has 0 spiro atoms. The van der Waals surface area contributed by atoms with Crippen LogP contribution in [0.15, 0.2) is 12.1 Å². The second-order valence-corrected chi connectivity index (χ2v) is 5.73. The molecular formula is C15H17F2NO3. The molecule has 6 heteroatoms. The van der Waals surface area contributed by atoms with E-state index < -0.39 is 28.7 Å². The van der Waals surface area contributed by atoms with Crippen molar-refractivity contribution in [3.63, 3.8) is 0 Å². The number of rotatable bonds is 3. The van der Waals surface area contributed by atoms with Gasteiger partial charge >= 0.3 is 0 Å². The number of aliphatic hydroxyl groups is 1. The van der Waals surface area contributed by atoms with E-state index >= 15 is 0 Å². The summed E-state index contributed by atoms with van der Waals surface area (Å²) >= 11 is 0. The number of amides is 1. The third-order valence-corrected chi connectivity index (χ3v) is 4.36. The molecule has 1 atom stereocenters. The van der Waals surface area contributed by atoms with E-state index in [-0.39, 0.29) is 11.8 Å². The number of hydrogen-bond acceptors (Lipinski definition) is 3. The predicted octanol–water partition coefficient (Wildman–Crippen LogP) is 2.10. The van der Waals surface area contributed by atoms with Gasteiger partial charge in [-0.25, -0.2) is 8.78 Å². The summed E-state index contributed by atoms with van der Waals surface area (Å²) < 4.78 is 32.8. The maximum absolute atomic E-state index is 14.0. The highest BCUT2D eigenvalue weighted by Crippen LogP contribution is 2.45. The predicted molar refractivity (Wildman–Crippen MR) is 71.2 cm³/mol. The van der Waals surface area contributed by atoms with Crippen LogP contribution in [0.2, 0.25) is 0 Å². The van der Waals surface area contributed by atoms with Crippen LogP contribution in [0.5, 0.6) is 5.75 Å². The van der Waals surface area contributed by atoms with E-state index in [1.54, 1.807) is 0 Å². The van der Waals surface area contributed by atoms with Gasteiger partial charge in [-0.1, -0.05) is 0 Å². The van der Waals surface area contributed by atoms with Crippen LogP contribution in [0.3, 0.4) is 0 Å². The Morgan fingerprint density at radius 1 is 1.38 bits per heavy atom. The monoisotopic (exact) mass is 297 g/mol. The van der Waals surface area contributed by atoms with E-state index in [0.717, 1.165) is 18.6 Å². The van der Waals surface area contributed by atoms with Gasteiger partial charge < -0.3 is 14.7 Å². The highest BCUT2D eigenvalue weighted by Gasteiger charge is 2.53. The molecule has 1 aromatic carbocycles. The minimum absolute atomic E-state index is 0.0281. The molecular weight excluding hydrogens is 280 g/mol. The van der Waals surface area contributed by atoms with Crippen LogP contribution in [0.4, 0.5) is 8.78 Å². The Morgan fingerprint density at radius 3 is 2.52 bits per heavy atom. The molecule has 0 aromatic heterocycles. The van der Waals surface area contributed by atoms with Crippen LogP contribution < -0.4 is 4.74 Å². The number of carbonyl (C=O) groups excluding carboxylic acids is 1. The largest absolute Gasteiger partial charge is 0.497 e. The molecule has 2 fully saturated rings. The number of nitrogens with zero attached hydrogens (tertiary/aromatic N) is 1. The van der Waals surface area contributed by atoms with E-state index in [1.807, 2.05) is 0 Å². The zero-order chi connectivity index (χ0) is 15.2. The number of carbonyl (C=O) groups is 1. The maximum atomic E-state index is 14.0. The van der Waals surface area contributed by atoms with Crippen molar-refractivity contribution in [2.75, 3.05) is 13.7 Å². The van der Waals surface area contributed by atoms with E-state index in [0.29, 0.717) is 25.8 Å². The Bertz CT molecular complexity index is 563. The Morgan fingerprint density at radius 2 is 2.00 bits per heavy atom. The van der Waals surface area contributed by atoms with Crippen LogP contribution in [0.1, 0.15) is 36.0 Å². The van der Waals surface area contributed by atoms with Crippen LogP contribution in [0, 0.1) is 11.6 Å². The number of methoxy groups -OCH3 is 1. The van der Waals surface area contributed by atoms with Crippen LogP contribution in [-0.4, -0.2) is 41.2 Å². The average Bonchev–Trinajstić information content (AvgIpc) is 3.01. The lowest BCUT2D eigenvalue weighted by Crippen LogP contribution is -2.44. The third kappa shape index (κ3) is 2.37. The molecule has 3 rings (SSSR count). The molecule has 1 saturated carbocycles. The van der Waals surface area contributed by atoms with E-state index in [9.17, 15) is 18.7 Å². The quantitative estimate of drug-likeness (QED) is 0.929. The smallest absolute Gasteiger partial charge is 0.260 e. The number of hydrogen-bond donors (Lipinski definition) is 1. The van der Waals surface area contributed by atoms with Crippen molar-refractivity contribution >= 4 is 5.91 Å². The first-order valence-electron chi connectivity index (χ1n) is 7.02. The fraction of sp³-hybridized carbons (Fsp3) is 0.533. The molecule has 1 N–H and O–H groups in total. The first-order valence-corrected chi connectivity index (χ1v) is 7.02. The molecule has 1 saturated heterocycles. The van der Waals surface area contributed by atoms with Gasteiger partial charge in [0.05, 0.1) is 18.8 Å². The van der Waals surface area contributed by atoms with Crippen LogP contribution in [-0.2, 0) is 0 Å². The minimum Gasteiger partial charge on any atom is -0.497 e. The first kappa shape index (κ1) is 14.3. The summed E-state index contributed by atoms with van der Waals surface area (Å²) in [4.78, 5) is 13.9. The Kier molecular flexibility index (Phi) is 3.36. The number of ether oxygens (including phenoxy) is 1. The average molecular weight is 297 g/mol. The second-order valence-electron chi connectivity index (χ2n) is 5.73. The van der Waals surface area contributed by atoms with E-state index in [4.69, 9.17) is 4.74 Å². The number of halogens is 2. The zero-order valence-corrected chi connectivity index (χ0v) is 11.7. The maximum Gasteiger partial charge on any atom is 0.260 e. The molecule has 1 aliphatic carbocycles. The van der Waals surface area contributed by atoms with Crippen molar-refractivity contribution in [2.45, 2.75) is 37.3 Å². The molecule has 4 nitrogen and oxygen atoms in total. The topological polar surface area (TPSA) is 49.8 Å². The normalized spacial score (nSPS) is 23.2. The van der Waals surface area contributed by atoms with Crippen molar-refractivity contribution < 1.29 is 23.4 Å². The number of likely N-dealkylation sites (tertiary alicyclic amines) is 1.